The van der Waals surface area contributed by atoms with Gasteiger partial charge in [-0.15, -0.1) is 0 Å². The molecule has 2 N–H and O–H groups in total. The zero-order chi connectivity index (χ0) is 29.8. The first-order valence-corrected chi connectivity index (χ1v) is 15.5. The molecule has 0 bridgehead atoms. The van der Waals surface area contributed by atoms with Gasteiger partial charge in [-0.3, -0.25) is 4.79 Å². The van der Waals surface area contributed by atoms with Gasteiger partial charge in [-0.2, -0.15) is 0 Å². The molecule has 0 radical (unpaired) electrons. The number of allylic oxidation sites excluding steroid dienone is 1. The Labute approximate surface area is 248 Å². The zero-order valence-electron chi connectivity index (χ0n) is 26.2. The molecule has 0 fully saturated rings. The highest BCUT2D eigenvalue weighted by molar-refractivity contribution is 6.04. The maximum atomic E-state index is 12.7. The summed E-state index contributed by atoms with van der Waals surface area (Å²) in [7, 11) is 0. The van der Waals surface area contributed by atoms with Crippen molar-refractivity contribution in [2.24, 2.45) is 5.92 Å². The average Bonchev–Trinajstić information content (AvgIpc) is 3.08. The van der Waals surface area contributed by atoms with E-state index in [2.05, 4.69) is 72.0 Å². The van der Waals surface area contributed by atoms with Crippen molar-refractivity contribution in [1.82, 2.24) is 0 Å². The van der Waals surface area contributed by atoms with Gasteiger partial charge in [-0.25, -0.2) is 0 Å². The SMILES string of the molecule is CCCCCCCCc1cc2c(cc1/C(C)=C/c1ccc(C(=O)Nc3ccc(O)cc3)cc1)C(C)(C)C(C)C2(C)C. The predicted octanol–water partition coefficient (Wildman–Crippen LogP) is 10.3. The predicted molar refractivity (Wildman–Crippen MR) is 175 cm³/mol. The van der Waals surface area contributed by atoms with Crippen molar-refractivity contribution in [3.63, 3.8) is 0 Å². The van der Waals surface area contributed by atoms with Crippen molar-refractivity contribution in [1.29, 1.82) is 0 Å². The van der Waals surface area contributed by atoms with E-state index in [-0.39, 0.29) is 22.5 Å². The zero-order valence-corrected chi connectivity index (χ0v) is 26.2. The van der Waals surface area contributed by atoms with E-state index in [9.17, 15) is 9.90 Å². The van der Waals surface area contributed by atoms with Gasteiger partial charge in [0.15, 0.2) is 0 Å². The number of carbonyl (C=O) groups excluding carboxylic acids is 1. The van der Waals surface area contributed by atoms with Crippen LogP contribution in [0.25, 0.3) is 11.6 Å². The molecule has 1 aliphatic carbocycles. The molecular weight excluding hydrogens is 502 g/mol. The van der Waals surface area contributed by atoms with Crippen LogP contribution in [0, 0.1) is 5.92 Å². The van der Waals surface area contributed by atoms with E-state index >= 15 is 0 Å². The topological polar surface area (TPSA) is 49.3 Å². The Hall–Kier alpha value is -3.33. The summed E-state index contributed by atoms with van der Waals surface area (Å²) in [4.78, 5) is 12.7. The van der Waals surface area contributed by atoms with Crippen molar-refractivity contribution in [2.75, 3.05) is 5.32 Å². The lowest BCUT2D eigenvalue weighted by molar-refractivity contribution is 0.102. The Kier molecular flexibility index (Phi) is 9.47. The molecule has 218 valence electrons. The van der Waals surface area contributed by atoms with Gasteiger partial charge in [0.1, 0.15) is 5.75 Å². The number of unbranched alkanes of at least 4 members (excludes halogenated alkanes) is 5. The summed E-state index contributed by atoms with van der Waals surface area (Å²) in [5.74, 6) is 0.572. The number of benzene rings is 3. The van der Waals surface area contributed by atoms with Gasteiger partial charge in [0.2, 0.25) is 0 Å². The third-order valence-corrected chi connectivity index (χ3v) is 9.70. The molecule has 3 nitrogen and oxygen atoms in total. The number of aromatic hydroxyl groups is 1. The molecule has 3 heteroatoms. The van der Waals surface area contributed by atoms with Gasteiger partial charge < -0.3 is 10.4 Å². The molecule has 41 heavy (non-hydrogen) atoms. The summed E-state index contributed by atoms with van der Waals surface area (Å²) in [6, 6.07) is 19.3. The highest BCUT2D eigenvalue weighted by Gasteiger charge is 2.48. The van der Waals surface area contributed by atoms with Crippen LogP contribution in [-0.4, -0.2) is 11.0 Å². The summed E-state index contributed by atoms with van der Waals surface area (Å²) in [6.07, 6.45) is 11.2. The quantitative estimate of drug-likeness (QED) is 0.141. The maximum Gasteiger partial charge on any atom is 0.255 e. The first kappa shape index (κ1) is 30.6. The normalized spacial score (nSPS) is 17.3. The highest BCUT2D eigenvalue weighted by atomic mass is 16.3. The molecule has 0 heterocycles. The minimum absolute atomic E-state index is 0.124. The summed E-state index contributed by atoms with van der Waals surface area (Å²) < 4.78 is 0. The fourth-order valence-electron chi connectivity index (χ4n) is 6.56. The monoisotopic (exact) mass is 551 g/mol. The number of nitrogens with one attached hydrogen (secondary N) is 1. The molecule has 1 aliphatic rings. The number of phenolic OH excluding ortho intramolecular Hbond substituents is 1. The van der Waals surface area contributed by atoms with Gasteiger partial charge in [-0.05, 0) is 106 Å². The van der Waals surface area contributed by atoms with Gasteiger partial charge in [0.05, 0.1) is 0 Å². The Morgan fingerprint density at radius 1 is 0.854 bits per heavy atom. The van der Waals surface area contributed by atoms with Crippen LogP contribution in [0.1, 0.15) is 125 Å². The molecule has 1 unspecified atom stereocenters. The maximum absolute atomic E-state index is 12.7. The smallest absolute Gasteiger partial charge is 0.255 e. The molecule has 0 spiro atoms. The van der Waals surface area contributed by atoms with Crippen molar-refractivity contribution >= 4 is 23.2 Å². The highest BCUT2D eigenvalue weighted by Crippen LogP contribution is 2.54. The summed E-state index contributed by atoms with van der Waals surface area (Å²) in [5.41, 5.74) is 9.74. The molecule has 1 atom stereocenters. The second-order valence-electron chi connectivity index (χ2n) is 13.2. The summed E-state index contributed by atoms with van der Waals surface area (Å²) >= 11 is 0. The number of phenols is 1. The Balaban J connectivity index is 1.59. The largest absolute Gasteiger partial charge is 0.508 e. The number of carbonyl (C=O) groups is 1. The van der Waals surface area contributed by atoms with Crippen molar-refractivity contribution < 1.29 is 9.90 Å². The number of fused-ring (bicyclic) bond motifs is 1. The lowest BCUT2D eigenvalue weighted by Crippen LogP contribution is -2.30. The fourth-order valence-corrected chi connectivity index (χ4v) is 6.56. The van der Waals surface area contributed by atoms with E-state index in [0.29, 0.717) is 17.2 Å². The van der Waals surface area contributed by atoms with Gasteiger partial charge >= 0.3 is 0 Å². The fraction of sp³-hybridized carbons (Fsp3) is 0.447. The lowest BCUT2D eigenvalue weighted by Gasteiger charge is -2.32. The van der Waals surface area contributed by atoms with E-state index in [1.54, 1.807) is 24.3 Å². The lowest BCUT2D eigenvalue weighted by atomic mass is 9.71. The number of aryl methyl sites for hydroxylation is 1. The first-order valence-electron chi connectivity index (χ1n) is 15.5. The van der Waals surface area contributed by atoms with Gasteiger partial charge in [0.25, 0.3) is 5.91 Å². The van der Waals surface area contributed by atoms with Gasteiger partial charge in [-0.1, -0.05) is 104 Å². The molecule has 3 aromatic rings. The van der Waals surface area contributed by atoms with Gasteiger partial charge in [0, 0.05) is 11.3 Å². The average molecular weight is 552 g/mol. The van der Waals surface area contributed by atoms with Crippen LogP contribution < -0.4 is 5.32 Å². The molecule has 0 saturated carbocycles. The van der Waals surface area contributed by atoms with E-state index in [1.165, 1.54) is 66.4 Å². The first-order chi connectivity index (χ1) is 19.4. The number of hydrogen-bond acceptors (Lipinski definition) is 2. The number of amides is 1. The Morgan fingerprint density at radius 2 is 1.44 bits per heavy atom. The molecule has 0 saturated heterocycles. The molecule has 4 rings (SSSR count). The van der Waals surface area contributed by atoms with E-state index < -0.39 is 0 Å². The molecule has 1 amide bonds. The summed E-state index contributed by atoms with van der Waals surface area (Å²) in [6.45, 7) is 16.6. The van der Waals surface area contributed by atoms with Crippen LogP contribution in [0.15, 0.2) is 60.7 Å². The Bertz CT molecular complexity index is 1380. The number of hydrogen-bond donors (Lipinski definition) is 2. The van der Waals surface area contributed by atoms with Crippen molar-refractivity contribution in [3.05, 3.63) is 94.0 Å². The summed E-state index contributed by atoms with van der Waals surface area (Å²) in [5, 5.41) is 12.4. The molecule has 0 aliphatic heterocycles. The van der Waals surface area contributed by atoms with Crippen molar-refractivity contribution in [3.8, 4) is 5.75 Å². The number of rotatable bonds is 11. The standard InChI is InChI=1S/C38H49NO2/c1-8-9-10-11-12-13-14-30-24-34-35(38(6,7)27(3)37(34,4)5)25-33(30)26(2)23-28-15-17-29(18-16-28)36(41)39-31-19-21-32(40)22-20-31/h15-25,27,40H,8-14H2,1-7H3,(H,39,41)/b26-23+. The van der Waals surface area contributed by atoms with Crippen LogP contribution >= 0.6 is 0 Å². The van der Waals surface area contributed by atoms with Crippen LogP contribution in [0.2, 0.25) is 0 Å². The second kappa shape index (κ2) is 12.7. The molecule has 3 aromatic carbocycles. The minimum Gasteiger partial charge on any atom is -0.508 e. The van der Waals surface area contributed by atoms with E-state index in [4.69, 9.17) is 0 Å². The van der Waals surface area contributed by atoms with Crippen LogP contribution in [0.3, 0.4) is 0 Å². The van der Waals surface area contributed by atoms with Crippen LogP contribution in [0.4, 0.5) is 5.69 Å². The van der Waals surface area contributed by atoms with Crippen LogP contribution in [0.5, 0.6) is 5.75 Å². The second-order valence-corrected chi connectivity index (χ2v) is 13.2. The number of anilines is 1. The Morgan fingerprint density at radius 3 is 2.07 bits per heavy atom. The van der Waals surface area contributed by atoms with Crippen LogP contribution in [-0.2, 0) is 17.3 Å². The molecular formula is C38H49NO2. The van der Waals surface area contributed by atoms with E-state index in [0.717, 1.165) is 12.0 Å². The third kappa shape index (κ3) is 6.77. The molecule has 0 aromatic heterocycles. The third-order valence-electron chi connectivity index (χ3n) is 9.70. The van der Waals surface area contributed by atoms with Crippen molar-refractivity contribution in [2.45, 2.75) is 104 Å². The minimum atomic E-state index is -0.165. The van der Waals surface area contributed by atoms with E-state index in [1.807, 2.05) is 24.3 Å².